The molecule has 0 saturated carbocycles. The average Bonchev–Trinajstić information content (AvgIpc) is 3.54. The molecular formula is C30H48N4O7SSi. The first-order valence-electron chi connectivity index (χ1n) is 15.1. The van der Waals surface area contributed by atoms with E-state index in [4.69, 9.17) is 27.9 Å². The molecule has 0 radical (unpaired) electrons. The summed E-state index contributed by atoms with van der Waals surface area (Å²) in [6.45, 7) is 17.0. The fourth-order valence-corrected chi connectivity index (χ4v) is 6.38. The van der Waals surface area contributed by atoms with Crippen molar-refractivity contribution in [2.24, 2.45) is 0 Å². The Morgan fingerprint density at radius 2 is 1.84 bits per heavy atom. The van der Waals surface area contributed by atoms with Crippen molar-refractivity contribution in [2.75, 3.05) is 39.3 Å². The highest BCUT2D eigenvalue weighted by atomic mass is 32.2. The van der Waals surface area contributed by atoms with E-state index in [-0.39, 0.29) is 23.9 Å². The molecule has 11 nitrogen and oxygen atoms in total. The second kappa shape index (κ2) is 13.8. The topological polar surface area (TPSA) is 116 Å². The van der Waals surface area contributed by atoms with Crippen LogP contribution < -0.4 is 4.43 Å². The van der Waals surface area contributed by atoms with Crippen molar-refractivity contribution in [1.82, 2.24) is 19.6 Å². The quantitative estimate of drug-likeness (QED) is 0.120. The second-order valence-corrected chi connectivity index (χ2v) is 19.3. The van der Waals surface area contributed by atoms with Gasteiger partial charge in [-0.25, -0.2) is 4.68 Å². The van der Waals surface area contributed by atoms with E-state index in [1.54, 1.807) is 6.92 Å². The molecule has 0 spiro atoms. The van der Waals surface area contributed by atoms with Gasteiger partial charge >= 0.3 is 0 Å². The van der Waals surface area contributed by atoms with Crippen molar-refractivity contribution in [2.45, 2.75) is 90.4 Å². The minimum absolute atomic E-state index is 0.0197. The fraction of sp³-hybridized carbons (Fsp3) is 0.667. The monoisotopic (exact) mass is 636 g/mol. The highest BCUT2D eigenvalue weighted by Crippen LogP contribution is 2.40. The highest BCUT2D eigenvalue weighted by molar-refractivity contribution is 7.86. The molecular weight excluding hydrogens is 589 g/mol. The molecule has 3 atom stereocenters. The van der Waals surface area contributed by atoms with Gasteiger partial charge in [0.15, 0.2) is 6.23 Å². The van der Waals surface area contributed by atoms with E-state index in [0.29, 0.717) is 19.8 Å². The Bertz CT molecular complexity index is 1460. The van der Waals surface area contributed by atoms with Crippen molar-refractivity contribution in [3.63, 3.8) is 0 Å². The van der Waals surface area contributed by atoms with Crippen molar-refractivity contribution in [3.8, 4) is 17.0 Å². The summed E-state index contributed by atoms with van der Waals surface area (Å²) in [4.78, 5) is 0. The molecule has 1 aliphatic heterocycles. The number of benzene rings is 1. The lowest BCUT2D eigenvalue weighted by atomic mass is 10.1. The van der Waals surface area contributed by atoms with Gasteiger partial charge in [-0.05, 0) is 69.4 Å². The molecule has 4 rings (SSSR count). The maximum absolute atomic E-state index is 11.2. The van der Waals surface area contributed by atoms with Gasteiger partial charge in [-0.15, -0.1) is 0 Å². The number of aromatic nitrogens is 4. The second-order valence-electron chi connectivity index (χ2n) is 13.0. The van der Waals surface area contributed by atoms with Gasteiger partial charge in [-0.3, -0.25) is 8.86 Å². The first-order chi connectivity index (χ1) is 20.1. The van der Waals surface area contributed by atoms with Gasteiger partial charge in [0.05, 0.1) is 56.5 Å². The molecule has 43 heavy (non-hydrogen) atoms. The van der Waals surface area contributed by atoms with Gasteiger partial charge < -0.3 is 18.6 Å². The summed E-state index contributed by atoms with van der Waals surface area (Å²) >= 11 is 0. The third kappa shape index (κ3) is 8.89. The van der Waals surface area contributed by atoms with Crippen LogP contribution in [-0.4, -0.2) is 81.7 Å². The number of rotatable bonds is 14. The summed E-state index contributed by atoms with van der Waals surface area (Å²) < 4.78 is 55.2. The van der Waals surface area contributed by atoms with Crippen molar-refractivity contribution < 1.29 is 31.2 Å². The molecule has 1 unspecified atom stereocenters. The zero-order valence-corrected chi connectivity index (χ0v) is 28.6. The van der Waals surface area contributed by atoms with Crippen LogP contribution in [0.1, 0.15) is 66.2 Å². The van der Waals surface area contributed by atoms with E-state index >= 15 is 0 Å². The van der Waals surface area contributed by atoms with Crippen LogP contribution in [0.3, 0.4) is 0 Å². The molecule has 0 N–H and O–H groups in total. The number of ether oxygens (including phenoxy) is 3. The lowest BCUT2D eigenvalue weighted by Gasteiger charge is -2.36. The molecule has 0 aliphatic carbocycles. The summed E-state index contributed by atoms with van der Waals surface area (Å²) in [5.41, 5.74) is 2.78. The highest BCUT2D eigenvalue weighted by Gasteiger charge is 2.39. The Hall–Kier alpha value is -2.29. The molecule has 240 valence electrons. The van der Waals surface area contributed by atoms with Gasteiger partial charge in [0, 0.05) is 23.8 Å². The van der Waals surface area contributed by atoms with Gasteiger partial charge in [-0.2, -0.15) is 18.6 Å². The van der Waals surface area contributed by atoms with Gasteiger partial charge in [0.1, 0.15) is 11.4 Å². The minimum atomic E-state index is -3.50. The van der Waals surface area contributed by atoms with Crippen LogP contribution in [0, 0.1) is 0 Å². The number of nitrogens with zero attached hydrogens (tertiary/aromatic N) is 4. The van der Waals surface area contributed by atoms with E-state index < -0.39 is 24.5 Å². The van der Waals surface area contributed by atoms with Crippen LogP contribution in [0.15, 0.2) is 30.6 Å². The average molecular weight is 637 g/mol. The summed E-state index contributed by atoms with van der Waals surface area (Å²) in [5.74, 6) is 0.859. The molecule has 1 aliphatic rings. The van der Waals surface area contributed by atoms with Crippen LogP contribution in [0.4, 0.5) is 0 Å². The number of hydrogen-bond acceptors (Lipinski definition) is 9. The zero-order valence-electron chi connectivity index (χ0n) is 26.8. The smallest absolute Gasteiger partial charge is 0.264 e. The standard InChI is InChI=1S/C30H48N4O7SSi/c1-22(20-37-15-16-38-21-23(2)40-42(6,35)36)33-19-24(18-31-33)29-26-17-25(41-43(7,8)30(3,4)5)12-13-27(26)34(32-29)28-11-9-10-14-39-28/h12-13,17-19,22-23,28H,9-11,14-16,20-21H2,1-8H3/t22-,23-,28?/m0/s1. The van der Waals surface area contributed by atoms with Gasteiger partial charge in [0.25, 0.3) is 10.1 Å². The molecule has 1 fully saturated rings. The van der Waals surface area contributed by atoms with E-state index in [1.807, 2.05) is 28.7 Å². The Kier molecular flexibility index (Phi) is 10.8. The van der Waals surface area contributed by atoms with E-state index in [2.05, 4.69) is 57.2 Å². The third-order valence-corrected chi connectivity index (χ3v) is 13.1. The predicted molar refractivity (Wildman–Crippen MR) is 169 cm³/mol. The number of hydrogen-bond donors (Lipinski definition) is 0. The molecule has 13 heteroatoms. The number of fused-ring (bicyclic) bond motifs is 1. The van der Waals surface area contributed by atoms with E-state index in [9.17, 15) is 8.42 Å². The molecule has 0 bridgehead atoms. The minimum Gasteiger partial charge on any atom is -0.543 e. The first-order valence-corrected chi connectivity index (χ1v) is 19.8. The van der Waals surface area contributed by atoms with Gasteiger partial charge in [-0.1, -0.05) is 20.8 Å². The molecule has 1 saturated heterocycles. The first kappa shape index (κ1) is 33.6. The van der Waals surface area contributed by atoms with Crippen molar-refractivity contribution in [1.29, 1.82) is 0 Å². The lowest BCUT2D eigenvalue weighted by Crippen LogP contribution is -2.43. The molecule has 3 heterocycles. The molecule has 1 aromatic carbocycles. The molecule has 2 aromatic heterocycles. The van der Waals surface area contributed by atoms with E-state index in [1.165, 1.54) is 0 Å². The fourth-order valence-electron chi connectivity index (χ4n) is 4.71. The van der Waals surface area contributed by atoms with Crippen molar-refractivity contribution in [3.05, 3.63) is 30.6 Å². The maximum atomic E-state index is 11.2. The SMILES string of the molecule is C[C@@H](COCCOC[C@H](C)n1cc(-c2nn(C3CCCCO3)c3ccc(O[Si](C)(C)C(C)(C)C)cc23)cn1)OS(C)(=O)=O. The summed E-state index contributed by atoms with van der Waals surface area (Å²) in [7, 11) is -5.52. The maximum Gasteiger partial charge on any atom is 0.264 e. The van der Waals surface area contributed by atoms with E-state index in [0.717, 1.165) is 60.0 Å². The van der Waals surface area contributed by atoms with Crippen LogP contribution in [0.2, 0.25) is 18.1 Å². The molecule has 3 aromatic rings. The normalized spacial score (nSPS) is 18.2. The van der Waals surface area contributed by atoms with Crippen LogP contribution in [0.5, 0.6) is 5.75 Å². The van der Waals surface area contributed by atoms with Crippen LogP contribution in [-0.2, 0) is 28.5 Å². The van der Waals surface area contributed by atoms with Gasteiger partial charge in [0.2, 0.25) is 8.32 Å². The third-order valence-electron chi connectivity index (χ3n) is 8.03. The van der Waals surface area contributed by atoms with Crippen molar-refractivity contribution >= 4 is 29.3 Å². The Morgan fingerprint density at radius 1 is 1.12 bits per heavy atom. The largest absolute Gasteiger partial charge is 0.543 e. The Morgan fingerprint density at radius 3 is 2.49 bits per heavy atom. The Labute approximate surface area is 257 Å². The van der Waals surface area contributed by atoms with Crippen LogP contribution in [0.25, 0.3) is 22.2 Å². The molecule has 0 amide bonds. The predicted octanol–water partition coefficient (Wildman–Crippen LogP) is 5.94. The summed E-state index contributed by atoms with van der Waals surface area (Å²) in [5, 5.41) is 10.8. The summed E-state index contributed by atoms with van der Waals surface area (Å²) in [6, 6.07) is 6.25. The summed E-state index contributed by atoms with van der Waals surface area (Å²) in [6.07, 6.45) is 7.35. The zero-order chi connectivity index (χ0) is 31.4. The Balaban J connectivity index is 1.47. The van der Waals surface area contributed by atoms with Crippen LogP contribution >= 0.6 is 0 Å². The lowest BCUT2D eigenvalue weighted by molar-refractivity contribution is -0.0365.